The van der Waals surface area contributed by atoms with Crippen LogP contribution in [0.1, 0.15) is 18.9 Å². The molecule has 1 aromatic heterocycles. The SMILES string of the molecule is CCOc1ccc(/C=N\NC(=O)CCn2c3ccc(I)cc3c3cc(I)ccc32)cc1. The average Bonchev–Trinajstić information content (AvgIpc) is 3.06. The zero-order valence-electron chi connectivity index (χ0n) is 16.9. The second kappa shape index (κ2) is 9.99. The van der Waals surface area contributed by atoms with Crippen molar-refractivity contribution in [3.8, 4) is 5.75 Å². The fraction of sp³-hybridized carbons (Fsp3) is 0.167. The molecule has 1 amide bonds. The number of halogens is 2. The Labute approximate surface area is 208 Å². The van der Waals surface area contributed by atoms with Gasteiger partial charge < -0.3 is 9.30 Å². The summed E-state index contributed by atoms with van der Waals surface area (Å²) >= 11 is 4.68. The highest BCUT2D eigenvalue weighted by Gasteiger charge is 2.12. The molecule has 1 N–H and O–H groups in total. The first kappa shape index (κ1) is 22.1. The summed E-state index contributed by atoms with van der Waals surface area (Å²) in [4.78, 5) is 12.4. The lowest BCUT2D eigenvalue weighted by molar-refractivity contribution is -0.121. The number of nitrogens with one attached hydrogen (secondary N) is 1. The largest absolute Gasteiger partial charge is 0.494 e. The van der Waals surface area contributed by atoms with Gasteiger partial charge in [0.05, 0.1) is 12.8 Å². The molecule has 0 saturated carbocycles. The lowest BCUT2D eigenvalue weighted by Crippen LogP contribution is -2.19. The molecule has 0 saturated heterocycles. The van der Waals surface area contributed by atoms with Gasteiger partial charge in [-0.1, -0.05) is 0 Å². The molecular weight excluding hydrogens is 616 g/mol. The van der Waals surface area contributed by atoms with Crippen LogP contribution in [0.4, 0.5) is 0 Å². The Morgan fingerprint density at radius 2 is 1.61 bits per heavy atom. The Morgan fingerprint density at radius 3 is 2.19 bits per heavy atom. The summed E-state index contributed by atoms with van der Waals surface area (Å²) < 4.78 is 10.0. The number of fused-ring (bicyclic) bond motifs is 3. The van der Waals surface area contributed by atoms with E-state index in [1.54, 1.807) is 6.21 Å². The molecule has 4 aromatic rings. The number of carbonyl (C=O) groups excluding carboxylic acids is 1. The van der Waals surface area contributed by atoms with E-state index >= 15 is 0 Å². The molecule has 158 valence electrons. The Bertz CT molecular complexity index is 1200. The van der Waals surface area contributed by atoms with E-state index in [1.807, 2.05) is 31.2 Å². The van der Waals surface area contributed by atoms with Crippen LogP contribution >= 0.6 is 45.2 Å². The summed E-state index contributed by atoms with van der Waals surface area (Å²) in [6.07, 6.45) is 1.98. The number of nitrogens with zero attached hydrogens (tertiary/aromatic N) is 2. The summed E-state index contributed by atoms with van der Waals surface area (Å²) in [5, 5.41) is 6.52. The summed E-state index contributed by atoms with van der Waals surface area (Å²) in [6.45, 7) is 3.17. The average molecular weight is 637 g/mol. The van der Waals surface area contributed by atoms with Gasteiger partial charge in [-0.05, 0) is 118 Å². The van der Waals surface area contributed by atoms with E-state index in [2.05, 4.69) is 96.7 Å². The third-order valence-electron chi connectivity index (χ3n) is 4.95. The van der Waals surface area contributed by atoms with Crippen LogP contribution in [0, 0.1) is 7.14 Å². The van der Waals surface area contributed by atoms with Crippen LogP contribution in [0.2, 0.25) is 0 Å². The van der Waals surface area contributed by atoms with Crippen molar-refractivity contribution in [1.29, 1.82) is 0 Å². The summed E-state index contributed by atoms with van der Waals surface area (Å²) in [5.74, 6) is 0.701. The first-order chi connectivity index (χ1) is 15.0. The molecule has 0 spiro atoms. The molecule has 3 aromatic carbocycles. The van der Waals surface area contributed by atoms with Crippen LogP contribution < -0.4 is 10.2 Å². The van der Waals surface area contributed by atoms with Gasteiger partial charge in [0.1, 0.15) is 5.75 Å². The minimum atomic E-state index is -0.117. The second-order valence-electron chi connectivity index (χ2n) is 7.02. The van der Waals surface area contributed by atoms with E-state index in [1.165, 1.54) is 17.9 Å². The highest BCUT2D eigenvalue weighted by molar-refractivity contribution is 14.1. The standard InChI is InChI=1S/C24H21I2N3O2/c1-2-31-19-7-3-16(4-8-19)15-27-28-24(30)11-12-29-22-9-5-17(25)13-20(22)21-14-18(26)6-10-23(21)29/h3-10,13-15H,2,11-12H2,1H3,(H,28,30)/b27-15-. The highest BCUT2D eigenvalue weighted by atomic mass is 127. The molecule has 0 aliphatic heterocycles. The van der Waals surface area contributed by atoms with Crippen LogP contribution in [0.15, 0.2) is 65.8 Å². The predicted molar refractivity (Wildman–Crippen MR) is 143 cm³/mol. The molecule has 1 heterocycles. The molecule has 0 radical (unpaired) electrons. The van der Waals surface area contributed by atoms with Crippen molar-refractivity contribution in [2.45, 2.75) is 19.9 Å². The van der Waals surface area contributed by atoms with Crippen LogP contribution in [0.5, 0.6) is 5.75 Å². The van der Waals surface area contributed by atoms with E-state index in [0.717, 1.165) is 22.3 Å². The Balaban J connectivity index is 1.45. The molecule has 0 fully saturated rings. The maximum atomic E-state index is 12.4. The summed E-state index contributed by atoms with van der Waals surface area (Å²) in [6, 6.07) is 20.4. The Morgan fingerprint density at radius 1 is 1.00 bits per heavy atom. The topological polar surface area (TPSA) is 55.6 Å². The molecule has 0 unspecified atom stereocenters. The quantitative estimate of drug-likeness (QED) is 0.155. The van der Waals surface area contributed by atoms with Crippen molar-refractivity contribution in [2.75, 3.05) is 6.61 Å². The zero-order chi connectivity index (χ0) is 21.8. The Hall–Kier alpha value is -2.14. The van der Waals surface area contributed by atoms with Gasteiger partial charge in [0.25, 0.3) is 0 Å². The van der Waals surface area contributed by atoms with E-state index in [-0.39, 0.29) is 5.91 Å². The van der Waals surface area contributed by atoms with E-state index in [0.29, 0.717) is 19.6 Å². The van der Waals surface area contributed by atoms with Crippen molar-refractivity contribution in [1.82, 2.24) is 9.99 Å². The van der Waals surface area contributed by atoms with Gasteiger partial charge in [0.2, 0.25) is 5.91 Å². The first-order valence-electron chi connectivity index (χ1n) is 9.97. The van der Waals surface area contributed by atoms with Gasteiger partial charge in [-0.25, -0.2) is 5.43 Å². The van der Waals surface area contributed by atoms with Crippen molar-refractivity contribution in [2.24, 2.45) is 5.10 Å². The number of carbonyl (C=O) groups is 1. The van der Waals surface area contributed by atoms with Gasteiger partial charge in [-0.3, -0.25) is 4.79 Å². The van der Waals surface area contributed by atoms with E-state index in [4.69, 9.17) is 4.74 Å². The summed E-state index contributed by atoms with van der Waals surface area (Å²) in [5.41, 5.74) is 5.81. The normalized spacial score (nSPS) is 11.5. The monoisotopic (exact) mass is 637 g/mol. The molecule has 7 heteroatoms. The number of hydrogen-bond donors (Lipinski definition) is 1. The van der Waals surface area contributed by atoms with Crippen LogP contribution in [-0.2, 0) is 11.3 Å². The van der Waals surface area contributed by atoms with Crippen LogP contribution in [0.3, 0.4) is 0 Å². The fourth-order valence-electron chi connectivity index (χ4n) is 3.55. The number of aromatic nitrogens is 1. The molecule has 4 rings (SSSR count). The number of benzene rings is 3. The smallest absolute Gasteiger partial charge is 0.241 e. The fourth-order valence-corrected chi connectivity index (χ4v) is 4.54. The lowest BCUT2D eigenvalue weighted by atomic mass is 10.2. The minimum absolute atomic E-state index is 0.117. The van der Waals surface area contributed by atoms with Gasteiger partial charge in [0.15, 0.2) is 0 Å². The summed E-state index contributed by atoms with van der Waals surface area (Å²) in [7, 11) is 0. The lowest BCUT2D eigenvalue weighted by Gasteiger charge is -2.07. The number of hydrazone groups is 1. The van der Waals surface area contributed by atoms with Gasteiger partial charge in [-0.15, -0.1) is 0 Å². The maximum Gasteiger partial charge on any atom is 0.241 e. The van der Waals surface area contributed by atoms with Crippen molar-refractivity contribution in [3.63, 3.8) is 0 Å². The molecular formula is C24H21I2N3O2. The molecule has 31 heavy (non-hydrogen) atoms. The van der Waals surface area contributed by atoms with Gasteiger partial charge in [0, 0.05) is 41.9 Å². The first-order valence-corrected chi connectivity index (χ1v) is 12.1. The third kappa shape index (κ3) is 5.20. The van der Waals surface area contributed by atoms with Crippen molar-refractivity contribution >= 4 is 79.1 Å². The third-order valence-corrected chi connectivity index (χ3v) is 6.29. The minimum Gasteiger partial charge on any atom is -0.494 e. The highest BCUT2D eigenvalue weighted by Crippen LogP contribution is 2.31. The molecule has 0 aliphatic rings. The van der Waals surface area contributed by atoms with Crippen LogP contribution in [0.25, 0.3) is 21.8 Å². The Kier molecular flexibility index (Phi) is 7.11. The maximum absolute atomic E-state index is 12.4. The molecule has 0 atom stereocenters. The van der Waals surface area contributed by atoms with E-state index < -0.39 is 0 Å². The number of hydrogen-bond acceptors (Lipinski definition) is 3. The predicted octanol–water partition coefficient (Wildman–Crippen LogP) is 5.94. The van der Waals surface area contributed by atoms with Crippen molar-refractivity contribution < 1.29 is 9.53 Å². The number of aryl methyl sites for hydroxylation is 1. The van der Waals surface area contributed by atoms with Gasteiger partial charge in [-0.2, -0.15) is 5.10 Å². The molecule has 0 aliphatic carbocycles. The number of amides is 1. The molecule has 0 bridgehead atoms. The van der Waals surface area contributed by atoms with Crippen LogP contribution in [-0.4, -0.2) is 23.3 Å². The van der Waals surface area contributed by atoms with E-state index in [9.17, 15) is 4.79 Å². The zero-order valence-corrected chi connectivity index (χ0v) is 21.3. The second-order valence-corrected chi connectivity index (χ2v) is 9.51. The number of ether oxygens (including phenoxy) is 1. The molecule has 5 nitrogen and oxygen atoms in total. The van der Waals surface area contributed by atoms with Gasteiger partial charge >= 0.3 is 0 Å². The number of rotatable bonds is 7. The van der Waals surface area contributed by atoms with Crippen molar-refractivity contribution in [3.05, 3.63) is 73.4 Å².